The summed E-state index contributed by atoms with van der Waals surface area (Å²) >= 11 is 0. The van der Waals surface area contributed by atoms with Gasteiger partial charge in [0.1, 0.15) is 11.5 Å². The second-order valence-corrected chi connectivity index (χ2v) is 6.10. The summed E-state index contributed by atoms with van der Waals surface area (Å²) < 4.78 is 30.5. The van der Waals surface area contributed by atoms with Crippen LogP contribution >= 0.6 is 0 Å². The number of aryl methyl sites for hydroxylation is 1. The zero-order valence-corrected chi connectivity index (χ0v) is 12.0. The molecule has 0 saturated heterocycles. The quantitative estimate of drug-likeness (QED) is 0.732. The molecule has 0 fully saturated rings. The lowest BCUT2D eigenvalue weighted by Gasteiger charge is -2.08. The third-order valence-corrected chi connectivity index (χ3v) is 4.12. The Hall–Kier alpha value is -1.99. The molecule has 0 spiro atoms. The van der Waals surface area contributed by atoms with Gasteiger partial charge in [0.2, 0.25) is 5.09 Å². The van der Waals surface area contributed by atoms with Crippen molar-refractivity contribution in [1.29, 1.82) is 0 Å². The molecule has 0 aliphatic heterocycles. The van der Waals surface area contributed by atoms with Crippen molar-refractivity contribution in [2.24, 2.45) is 0 Å². The average molecular weight is 296 g/mol. The van der Waals surface area contributed by atoms with Crippen molar-refractivity contribution in [3.05, 3.63) is 41.7 Å². The molecule has 2 aromatic rings. The monoisotopic (exact) mass is 296 g/mol. The van der Waals surface area contributed by atoms with E-state index in [9.17, 15) is 13.5 Å². The maximum atomic E-state index is 11.5. The van der Waals surface area contributed by atoms with Gasteiger partial charge in [0.15, 0.2) is 0 Å². The molecule has 0 bridgehead atoms. The first-order chi connectivity index (χ1) is 9.42. The molecule has 20 heavy (non-hydrogen) atoms. The van der Waals surface area contributed by atoms with Crippen molar-refractivity contribution >= 4 is 15.7 Å². The number of furan rings is 1. The van der Waals surface area contributed by atoms with Crippen LogP contribution in [-0.2, 0) is 16.6 Å². The lowest BCUT2D eigenvalue weighted by Crippen LogP contribution is -2.17. The summed E-state index contributed by atoms with van der Waals surface area (Å²) in [5, 5.41) is 12.3. The summed E-state index contributed by atoms with van der Waals surface area (Å²) in [5.74, 6) is 0.708. The van der Waals surface area contributed by atoms with E-state index in [0.29, 0.717) is 12.3 Å². The van der Waals surface area contributed by atoms with Crippen LogP contribution in [0.2, 0.25) is 0 Å². The number of phenols is 1. The molecule has 3 N–H and O–H groups in total. The highest BCUT2D eigenvalue weighted by Crippen LogP contribution is 2.21. The minimum Gasteiger partial charge on any atom is -0.508 e. The first-order valence-electron chi connectivity index (χ1n) is 5.98. The van der Waals surface area contributed by atoms with Gasteiger partial charge < -0.3 is 14.8 Å². The summed E-state index contributed by atoms with van der Waals surface area (Å²) in [6.07, 6.45) is 0. The highest BCUT2D eigenvalue weighted by molar-refractivity contribution is 7.89. The third-order valence-electron chi connectivity index (χ3n) is 2.83. The van der Waals surface area contributed by atoms with Crippen LogP contribution in [0.1, 0.15) is 11.3 Å². The molecule has 0 atom stereocenters. The number of rotatable bonds is 5. The molecular weight excluding hydrogens is 280 g/mol. The summed E-state index contributed by atoms with van der Waals surface area (Å²) in [7, 11) is -2.22. The Balaban J connectivity index is 2.08. The van der Waals surface area contributed by atoms with E-state index in [-0.39, 0.29) is 10.8 Å². The van der Waals surface area contributed by atoms with Crippen molar-refractivity contribution in [1.82, 2.24) is 4.72 Å². The second-order valence-electron chi connectivity index (χ2n) is 4.28. The average Bonchev–Trinajstić information content (AvgIpc) is 2.87. The van der Waals surface area contributed by atoms with Gasteiger partial charge in [-0.25, -0.2) is 13.1 Å². The number of aromatic hydroxyl groups is 1. The summed E-state index contributed by atoms with van der Waals surface area (Å²) in [6, 6.07) is 7.98. The van der Waals surface area contributed by atoms with Gasteiger partial charge >= 0.3 is 0 Å². The van der Waals surface area contributed by atoms with Crippen LogP contribution in [0.3, 0.4) is 0 Å². The Morgan fingerprint density at radius 3 is 2.65 bits per heavy atom. The fourth-order valence-electron chi connectivity index (χ4n) is 1.73. The van der Waals surface area contributed by atoms with Crippen LogP contribution in [-0.4, -0.2) is 20.6 Å². The number of phenolic OH excluding ortho intramolecular Hbond substituents is 1. The summed E-state index contributed by atoms with van der Waals surface area (Å²) in [4.78, 5) is 0. The van der Waals surface area contributed by atoms with Gasteiger partial charge in [0.25, 0.3) is 10.0 Å². The number of benzene rings is 1. The molecule has 0 amide bonds. The molecule has 0 radical (unpaired) electrons. The molecule has 1 heterocycles. The van der Waals surface area contributed by atoms with Gasteiger partial charge in [-0.2, -0.15) is 0 Å². The number of nitrogens with one attached hydrogen (secondary N) is 2. The molecular formula is C13H16N2O4S. The zero-order valence-electron chi connectivity index (χ0n) is 11.2. The number of hydrogen-bond acceptors (Lipinski definition) is 5. The standard InChI is InChI=1S/C13H16N2O4S/c1-9-7-10(16)3-5-12(9)15-8-11-4-6-13(19-11)20(17,18)14-2/h3-7,14-16H,8H2,1-2H3. The van der Waals surface area contributed by atoms with Crippen LogP contribution in [0, 0.1) is 6.92 Å². The Morgan fingerprint density at radius 2 is 2.00 bits per heavy atom. The Morgan fingerprint density at radius 1 is 1.25 bits per heavy atom. The van der Waals surface area contributed by atoms with Crippen LogP contribution in [0.5, 0.6) is 5.75 Å². The van der Waals surface area contributed by atoms with Crippen LogP contribution in [0.15, 0.2) is 39.8 Å². The molecule has 1 aromatic heterocycles. The van der Waals surface area contributed by atoms with Gasteiger partial charge in [-0.3, -0.25) is 0 Å². The Kier molecular flexibility index (Phi) is 4.01. The highest BCUT2D eigenvalue weighted by Gasteiger charge is 2.16. The van der Waals surface area contributed by atoms with Crippen molar-refractivity contribution < 1.29 is 17.9 Å². The van der Waals surface area contributed by atoms with Crippen LogP contribution < -0.4 is 10.0 Å². The molecule has 0 aliphatic rings. The smallest absolute Gasteiger partial charge is 0.273 e. The van der Waals surface area contributed by atoms with Gasteiger partial charge in [0, 0.05) is 5.69 Å². The van der Waals surface area contributed by atoms with Crippen molar-refractivity contribution in [2.75, 3.05) is 12.4 Å². The molecule has 7 heteroatoms. The number of sulfonamides is 1. The molecule has 2 rings (SSSR count). The minimum atomic E-state index is -3.55. The largest absolute Gasteiger partial charge is 0.508 e. The normalized spacial score (nSPS) is 11.5. The second kappa shape index (κ2) is 5.56. The fraction of sp³-hybridized carbons (Fsp3) is 0.231. The third kappa shape index (κ3) is 3.12. The van der Waals surface area contributed by atoms with Gasteiger partial charge in [-0.1, -0.05) is 0 Å². The topological polar surface area (TPSA) is 91.6 Å². The fourth-order valence-corrected chi connectivity index (χ4v) is 2.39. The van der Waals surface area contributed by atoms with E-state index in [1.54, 1.807) is 24.3 Å². The highest BCUT2D eigenvalue weighted by atomic mass is 32.2. The van der Waals surface area contributed by atoms with Crippen molar-refractivity contribution in [3.63, 3.8) is 0 Å². The molecule has 0 unspecified atom stereocenters. The maximum absolute atomic E-state index is 11.5. The zero-order chi connectivity index (χ0) is 14.8. The van der Waals surface area contributed by atoms with E-state index in [2.05, 4.69) is 10.0 Å². The molecule has 6 nitrogen and oxygen atoms in total. The maximum Gasteiger partial charge on any atom is 0.273 e. The molecule has 0 aliphatic carbocycles. The Labute approximate surface area is 117 Å². The lowest BCUT2D eigenvalue weighted by atomic mass is 10.2. The van der Waals surface area contributed by atoms with Crippen molar-refractivity contribution in [2.45, 2.75) is 18.6 Å². The molecule has 0 saturated carbocycles. The predicted octanol–water partition coefficient (Wildman–Crippen LogP) is 1.81. The minimum absolute atomic E-state index is 0.112. The van der Waals surface area contributed by atoms with E-state index in [1.807, 2.05) is 6.92 Å². The molecule has 108 valence electrons. The van der Waals surface area contributed by atoms with E-state index >= 15 is 0 Å². The lowest BCUT2D eigenvalue weighted by molar-refractivity contribution is 0.417. The van der Waals surface area contributed by atoms with Gasteiger partial charge in [0.05, 0.1) is 6.54 Å². The SMILES string of the molecule is CNS(=O)(=O)c1ccc(CNc2ccc(O)cc2C)o1. The van der Waals surface area contributed by atoms with E-state index in [4.69, 9.17) is 4.42 Å². The predicted molar refractivity (Wildman–Crippen MR) is 75.1 cm³/mol. The summed E-state index contributed by atoms with van der Waals surface area (Å²) in [6.45, 7) is 2.21. The van der Waals surface area contributed by atoms with E-state index in [0.717, 1.165) is 11.3 Å². The number of anilines is 1. The Bertz CT molecular complexity index is 707. The first kappa shape index (κ1) is 14.4. The van der Waals surface area contributed by atoms with Crippen LogP contribution in [0.4, 0.5) is 5.69 Å². The van der Waals surface area contributed by atoms with Crippen LogP contribution in [0.25, 0.3) is 0 Å². The molecule has 1 aromatic carbocycles. The van der Waals surface area contributed by atoms with E-state index in [1.165, 1.54) is 13.1 Å². The summed E-state index contributed by atoms with van der Waals surface area (Å²) in [5.41, 5.74) is 1.73. The van der Waals surface area contributed by atoms with E-state index < -0.39 is 10.0 Å². The number of hydrogen-bond donors (Lipinski definition) is 3. The van der Waals surface area contributed by atoms with Crippen molar-refractivity contribution in [3.8, 4) is 5.75 Å². The van der Waals surface area contributed by atoms with Gasteiger partial charge in [-0.05, 0) is 49.9 Å². The first-order valence-corrected chi connectivity index (χ1v) is 7.46. The van der Waals surface area contributed by atoms with Gasteiger partial charge in [-0.15, -0.1) is 0 Å².